The summed E-state index contributed by atoms with van der Waals surface area (Å²) in [7, 11) is 0. The molecule has 0 radical (unpaired) electrons. The molecule has 2 atom stereocenters. The fourth-order valence-corrected chi connectivity index (χ4v) is 2.13. The Labute approximate surface area is 89.2 Å². The van der Waals surface area contributed by atoms with E-state index in [0.717, 1.165) is 6.42 Å². The van der Waals surface area contributed by atoms with E-state index >= 15 is 0 Å². The number of benzene rings is 1. The van der Waals surface area contributed by atoms with Gasteiger partial charge in [0.25, 0.3) is 0 Å². The summed E-state index contributed by atoms with van der Waals surface area (Å²) in [4.78, 5) is 0. The minimum absolute atomic E-state index is 0.0189. The number of alkyl halides is 1. The summed E-state index contributed by atoms with van der Waals surface area (Å²) in [5.41, 5.74) is 4.82. The number of hydrogen-bond donors (Lipinski definition) is 1. The lowest BCUT2D eigenvalue weighted by atomic mass is 9.82. The van der Waals surface area contributed by atoms with E-state index < -0.39 is 5.67 Å². The Hall–Kier alpha value is -0.930. The lowest BCUT2D eigenvalue weighted by Gasteiger charge is -2.29. The summed E-state index contributed by atoms with van der Waals surface area (Å²) < 4.78 is 20.0. The third-order valence-electron chi connectivity index (χ3n) is 3.13. The third kappa shape index (κ3) is 1.90. The molecule has 1 aromatic rings. The molecule has 3 heteroatoms. The van der Waals surface area contributed by atoms with Crippen molar-refractivity contribution in [2.75, 3.05) is 19.8 Å². The van der Waals surface area contributed by atoms with Crippen molar-refractivity contribution in [3.8, 4) is 0 Å². The van der Waals surface area contributed by atoms with Crippen LogP contribution in [0.2, 0.25) is 0 Å². The van der Waals surface area contributed by atoms with E-state index in [-0.39, 0.29) is 12.5 Å². The van der Waals surface area contributed by atoms with Crippen molar-refractivity contribution >= 4 is 0 Å². The van der Waals surface area contributed by atoms with Crippen LogP contribution in [-0.4, -0.2) is 19.8 Å². The average molecular weight is 209 g/mol. The first kappa shape index (κ1) is 10.6. The summed E-state index contributed by atoms with van der Waals surface area (Å²) >= 11 is 0. The molecule has 1 heterocycles. The summed E-state index contributed by atoms with van der Waals surface area (Å²) in [5.74, 6) is -0.107. The molecular formula is C12H16FNO. The molecule has 0 saturated carbocycles. The Morgan fingerprint density at radius 2 is 2.13 bits per heavy atom. The summed E-state index contributed by atoms with van der Waals surface area (Å²) in [6.07, 6.45) is 0.753. The number of rotatable bonds is 3. The van der Waals surface area contributed by atoms with Crippen molar-refractivity contribution in [1.82, 2.24) is 0 Å². The fraction of sp³-hybridized carbons (Fsp3) is 0.500. The normalized spacial score (nSPS) is 25.1. The summed E-state index contributed by atoms with van der Waals surface area (Å²) in [5, 5.41) is 0. The fourth-order valence-electron chi connectivity index (χ4n) is 2.13. The Morgan fingerprint density at radius 3 is 2.67 bits per heavy atom. The zero-order valence-corrected chi connectivity index (χ0v) is 8.66. The van der Waals surface area contributed by atoms with Crippen molar-refractivity contribution in [3.05, 3.63) is 35.9 Å². The average Bonchev–Trinajstić information content (AvgIpc) is 2.83. The number of halogens is 1. The summed E-state index contributed by atoms with van der Waals surface area (Å²) in [6.45, 7) is 1.14. The molecule has 2 unspecified atom stereocenters. The van der Waals surface area contributed by atoms with Crippen molar-refractivity contribution in [3.63, 3.8) is 0 Å². The van der Waals surface area contributed by atoms with Crippen LogP contribution in [0.3, 0.4) is 0 Å². The minimum atomic E-state index is -1.43. The molecule has 2 nitrogen and oxygen atoms in total. The lowest BCUT2D eigenvalue weighted by Crippen LogP contribution is -2.38. The molecule has 0 bridgehead atoms. The second-order valence-corrected chi connectivity index (χ2v) is 3.99. The molecule has 1 fully saturated rings. The van der Waals surface area contributed by atoms with Gasteiger partial charge in [0.1, 0.15) is 0 Å². The van der Waals surface area contributed by atoms with Gasteiger partial charge in [-0.3, -0.25) is 0 Å². The molecule has 2 N–H and O–H groups in total. The first-order valence-electron chi connectivity index (χ1n) is 5.29. The van der Waals surface area contributed by atoms with Gasteiger partial charge in [0.05, 0.1) is 6.61 Å². The predicted molar refractivity (Wildman–Crippen MR) is 57.2 cm³/mol. The molecule has 1 aliphatic rings. The van der Waals surface area contributed by atoms with Gasteiger partial charge < -0.3 is 10.5 Å². The topological polar surface area (TPSA) is 35.2 Å². The molecule has 1 aromatic carbocycles. The summed E-state index contributed by atoms with van der Waals surface area (Å²) in [6, 6.07) is 9.16. The molecule has 82 valence electrons. The van der Waals surface area contributed by atoms with Gasteiger partial charge in [0.2, 0.25) is 0 Å². The predicted octanol–water partition coefficient (Wildman–Crippen LogP) is 1.85. The second-order valence-electron chi connectivity index (χ2n) is 3.99. The van der Waals surface area contributed by atoms with Gasteiger partial charge in [0, 0.05) is 19.1 Å². The molecule has 1 aliphatic heterocycles. The molecule has 0 aliphatic carbocycles. The van der Waals surface area contributed by atoms with Gasteiger partial charge in [-0.05, 0) is 12.0 Å². The Kier molecular flexibility index (Phi) is 3.03. The van der Waals surface area contributed by atoms with Crippen molar-refractivity contribution in [2.24, 2.45) is 11.7 Å². The van der Waals surface area contributed by atoms with Crippen LogP contribution in [0.25, 0.3) is 0 Å². The SMILES string of the molecule is NCC(F)(c1ccccc1)C1CCOC1. The second kappa shape index (κ2) is 4.29. The zero-order valence-electron chi connectivity index (χ0n) is 8.66. The molecule has 0 spiro atoms. The third-order valence-corrected chi connectivity index (χ3v) is 3.13. The van der Waals surface area contributed by atoms with Gasteiger partial charge in [-0.25, -0.2) is 4.39 Å². The molecule has 2 rings (SSSR count). The van der Waals surface area contributed by atoms with E-state index in [1.54, 1.807) is 12.1 Å². The molecule has 15 heavy (non-hydrogen) atoms. The standard InChI is InChI=1S/C12H16FNO/c13-12(9-14,11-6-7-15-8-11)10-4-2-1-3-5-10/h1-5,11H,6-9,14H2. The van der Waals surface area contributed by atoms with E-state index in [4.69, 9.17) is 10.5 Å². The number of hydrogen-bond acceptors (Lipinski definition) is 2. The number of ether oxygens (including phenoxy) is 1. The van der Waals surface area contributed by atoms with Gasteiger partial charge in [-0.1, -0.05) is 30.3 Å². The quantitative estimate of drug-likeness (QED) is 0.824. The van der Waals surface area contributed by atoms with E-state index in [0.29, 0.717) is 18.8 Å². The van der Waals surface area contributed by atoms with Crippen molar-refractivity contribution < 1.29 is 9.13 Å². The molecule has 1 saturated heterocycles. The van der Waals surface area contributed by atoms with Crippen LogP contribution < -0.4 is 5.73 Å². The van der Waals surface area contributed by atoms with Gasteiger partial charge in [-0.2, -0.15) is 0 Å². The lowest BCUT2D eigenvalue weighted by molar-refractivity contribution is 0.0724. The smallest absolute Gasteiger partial charge is 0.153 e. The van der Waals surface area contributed by atoms with Crippen LogP contribution in [0.4, 0.5) is 4.39 Å². The Balaban J connectivity index is 2.28. The maximum absolute atomic E-state index is 14.8. The van der Waals surface area contributed by atoms with Gasteiger partial charge in [-0.15, -0.1) is 0 Å². The van der Waals surface area contributed by atoms with Gasteiger partial charge >= 0.3 is 0 Å². The highest BCUT2D eigenvalue weighted by Crippen LogP contribution is 2.37. The van der Waals surface area contributed by atoms with Gasteiger partial charge in [0.15, 0.2) is 5.67 Å². The van der Waals surface area contributed by atoms with Crippen LogP contribution in [0, 0.1) is 5.92 Å². The first-order chi connectivity index (χ1) is 7.27. The highest BCUT2D eigenvalue weighted by molar-refractivity contribution is 5.24. The molecule has 0 aromatic heterocycles. The monoisotopic (exact) mass is 209 g/mol. The Bertz CT molecular complexity index is 311. The minimum Gasteiger partial charge on any atom is -0.381 e. The zero-order chi connectivity index (χ0) is 10.7. The maximum Gasteiger partial charge on any atom is 0.153 e. The highest BCUT2D eigenvalue weighted by Gasteiger charge is 2.41. The highest BCUT2D eigenvalue weighted by atomic mass is 19.1. The van der Waals surface area contributed by atoms with Crippen LogP contribution in [0.1, 0.15) is 12.0 Å². The van der Waals surface area contributed by atoms with E-state index in [2.05, 4.69) is 0 Å². The van der Waals surface area contributed by atoms with E-state index in [9.17, 15) is 4.39 Å². The first-order valence-corrected chi connectivity index (χ1v) is 5.29. The largest absolute Gasteiger partial charge is 0.381 e. The van der Waals surface area contributed by atoms with Crippen LogP contribution in [0.5, 0.6) is 0 Å². The van der Waals surface area contributed by atoms with Crippen LogP contribution in [-0.2, 0) is 10.4 Å². The van der Waals surface area contributed by atoms with Crippen LogP contribution >= 0.6 is 0 Å². The maximum atomic E-state index is 14.8. The van der Waals surface area contributed by atoms with Crippen molar-refractivity contribution in [1.29, 1.82) is 0 Å². The number of nitrogens with two attached hydrogens (primary N) is 1. The molecule has 0 amide bonds. The van der Waals surface area contributed by atoms with E-state index in [1.807, 2.05) is 18.2 Å². The molecular weight excluding hydrogens is 193 g/mol. The van der Waals surface area contributed by atoms with Crippen LogP contribution in [0.15, 0.2) is 30.3 Å². The Morgan fingerprint density at radius 1 is 1.40 bits per heavy atom. The van der Waals surface area contributed by atoms with Crippen molar-refractivity contribution in [2.45, 2.75) is 12.1 Å². The van der Waals surface area contributed by atoms with E-state index in [1.165, 1.54) is 0 Å².